The maximum atomic E-state index is 3.56. The molecule has 0 radical (unpaired) electrons. The first-order valence-electron chi connectivity index (χ1n) is 7.34. The van der Waals surface area contributed by atoms with Crippen LogP contribution in [0.25, 0.3) is 0 Å². The van der Waals surface area contributed by atoms with E-state index in [1.54, 1.807) is 0 Å². The van der Waals surface area contributed by atoms with Crippen LogP contribution >= 0.6 is 0 Å². The van der Waals surface area contributed by atoms with Gasteiger partial charge in [0.1, 0.15) is 0 Å². The van der Waals surface area contributed by atoms with E-state index in [4.69, 9.17) is 0 Å². The summed E-state index contributed by atoms with van der Waals surface area (Å²) >= 11 is 0. The lowest BCUT2D eigenvalue weighted by Crippen LogP contribution is -2.66. The van der Waals surface area contributed by atoms with Crippen LogP contribution in [0, 0.1) is 5.92 Å². The summed E-state index contributed by atoms with van der Waals surface area (Å²) in [7, 11) is 2.14. The van der Waals surface area contributed by atoms with E-state index >= 15 is 0 Å². The van der Waals surface area contributed by atoms with Crippen molar-refractivity contribution < 1.29 is 0 Å². The second kappa shape index (κ2) is 6.17. The zero-order chi connectivity index (χ0) is 12.3. The number of hydrogen-bond acceptors (Lipinski definition) is 3. The molecule has 3 aliphatic rings. The predicted octanol–water partition coefficient (Wildman–Crippen LogP) is 1.40. The van der Waals surface area contributed by atoms with E-state index in [0.717, 1.165) is 12.0 Å². The zero-order valence-corrected chi connectivity index (χ0v) is 11.8. The first kappa shape index (κ1) is 13.3. The monoisotopic (exact) mass is 239 g/mol. The Morgan fingerprint density at radius 3 is 2.29 bits per heavy atom. The minimum atomic E-state index is 0.692. The fourth-order valence-corrected chi connectivity index (χ4v) is 3.31. The highest BCUT2D eigenvalue weighted by molar-refractivity contribution is 4.94. The molecule has 2 bridgehead atoms. The van der Waals surface area contributed by atoms with Crippen LogP contribution in [0.4, 0.5) is 0 Å². The molecule has 0 spiro atoms. The van der Waals surface area contributed by atoms with Gasteiger partial charge in [-0.25, -0.2) is 0 Å². The highest BCUT2D eigenvalue weighted by Crippen LogP contribution is 2.21. The Morgan fingerprint density at radius 2 is 1.82 bits per heavy atom. The normalized spacial score (nSPS) is 34.2. The highest BCUT2D eigenvalue weighted by atomic mass is 15.4. The Labute approximate surface area is 107 Å². The average Bonchev–Trinajstić information content (AvgIpc) is 2.35. The molecule has 3 saturated heterocycles. The molecule has 0 aromatic heterocycles. The van der Waals surface area contributed by atoms with Crippen molar-refractivity contribution in [3.05, 3.63) is 0 Å². The predicted molar refractivity (Wildman–Crippen MR) is 73.3 cm³/mol. The second-order valence-electron chi connectivity index (χ2n) is 6.12. The van der Waals surface area contributed by atoms with Crippen molar-refractivity contribution in [2.45, 2.75) is 45.2 Å². The standard InChI is InChI=1S/C14H29N3/c1-12(2)5-4-6-13(15-3)14-11-16-7-9-17(14)10-8-16/h12-15H,4-11H2,1-3H3. The van der Waals surface area contributed by atoms with E-state index in [1.807, 2.05) is 0 Å². The molecular weight excluding hydrogens is 210 g/mol. The SMILES string of the molecule is CNC(CCCC(C)C)C1CN2CCN1CC2. The van der Waals surface area contributed by atoms with Gasteiger partial charge < -0.3 is 5.32 Å². The van der Waals surface area contributed by atoms with Gasteiger partial charge in [0.25, 0.3) is 0 Å². The lowest BCUT2D eigenvalue weighted by atomic mass is 9.94. The summed E-state index contributed by atoms with van der Waals surface area (Å²) in [6, 6.07) is 1.45. The van der Waals surface area contributed by atoms with Gasteiger partial charge >= 0.3 is 0 Å². The first-order chi connectivity index (χ1) is 8.20. The smallest absolute Gasteiger partial charge is 0.0377 e. The summed E-state index contributed by atoms with van der Waals surface area (Å²) in [4.78, 5) is 5.34. The first-order valence-corrected chi connectivity index (χ1v) is 7.34. The fraction of sp³-hybridized carbons (Fsp3) is 1.00. The van der Waals surface area contributed by atoms with Crippen molar-refractivity contribution in [1.29, 1.82) is 0 Å². The van der Waals surface area contributed by atoms with Gasteiger partial charge in [0.15, 0.2) is 0 Å². The molecule has 0 aromatic rings. The van der Waals surface area contributed by atoms with Gasteiger partial charge in [-0.15, -0.1) is 0 Å². The van der Waals surface area contributed by atoms with E-state index in [-0.39, 0.29) is 0 Å². The van der Waals surface area contributed by atoms with Crippen molar-refractivity contribution in [3.63, 3.8) is 0 Å². The summed E-state index contributed by atoms with van der Waals surface area (Å²) in [5.41, 5.74) is 0. The van der Waals surface area contributed by atoms with Gasteiger partial charge in [0.05, 0.1) is 0 Å². The van der Waals surface area contributed by atoms with E-state index < -0.39 is 0 Å². The van der Waals surface area contributed by atoms with Gasteiger partial charge in [-0.05, 0) is 19.4 Å². The van der Waals surface area contributed by atoms with E-state index in [9.17, 15) is 0 Å². The van der Waals surface area contributed by atoms with Crippen LogP contribution in [0.1, 0.15) is 33.1 Å². The maximum Gasteiger partial charge on any atom is 0.0377 e. The highest BCUT2D eigenvalue weighted by Gasteiger charge is 2.35. The Balaban J connectivity index is 1.81. The van der Waals surface area contributed by atoms with Crippen molar-refractivity contribution in [2.24, 2.45) is 5.92 Å². The molecule has 0 aromatic carbocycles. The number of nitrogens with zero attached hydrogens (tertiary/aromatic N) is 2. The molecule has 0 saturated carbocycles. The van der Waals surface area contributed by atoms with Gasteiger partial charge in [-0.2, -0.15) is 0 Å². The largest absolute Gasteiger partial charge is 0.315 e. The minimum absolute atomic E-state index is 0.692. The Hall–Kier alpha value is -0.120. The zero-order valence-electron chi connectivity index (χ0n) is 11.8. The molecule has 1 N–H and O–H groups in total. The van der Waals surface area contributed by atoms with Gasteiger partial charge in [-0.3, -0.25) is 9.80 Å². The van der Waals surface area contributed by atoms with Gasteiger partial charge in [-0.1, -0.05) is 26.7 Å². The number of fused-ring (bicyclic) bond motifs is 3. The number of rotatable bonds is 6. The summed E-state index contributed by atoms with van der Waals surface area (Å²) in [5.74, 6) is 0.847. The fourth-order valence-electron chi connectivity index (χ4n) is 3.31. The van der Waals surface area contributed by atoms with Crippen molar-refractivity contribution in [1.82, 2.24) is 15.1 Å². The molecule has 3 aliphatic heterocycles. The third-order valence-electron chi connectivity index (χ3n) is 4.45. The summed E-state index contributed by atoms with van der Waals surface area (Å²) in [5, 5.41) is 3.56. The maximum absolute atomic E-state index is 3.56. The molecule has 3 nitrogen and oxygen atoms in total. The van der Waals surface area contributed by atoms with Crippen LogP contribution in [0.2, 0.25) is 0 Å². The third kappa shape index (κ3) is 3.43. The number of piperazine rings is 3. The number of hydrogen-bond donors (Lipinski definition) is 1. The van der Waals surface area contributed by atoms with Crippen LogP contribution in [0.5, 0.6) is 0 Å². The van der Waals surface area contributed by atoms with Crippen LogP contribution in [0.3, 0.4) is 0 Å². The van der Waals surface area contributed by atoms with Crippen LogP contribution < -0.4 is 5.32 Å². The van der Waals surface area contributed by atoms with Crippen LogP contribution in [-0.2, 0) is 0 Å². The van der Waals surface area contributed by atoms with E-state index in [0.29, 0.717) is 6.04 Å². The van der Waals surface area contributed by atoms with Crippen molar-refractivity contribution in [2.75, 3.05) is 39.8 Å². The van der Waals surface area contributed by atoms with Crippen molar-refractivity contribution in [3.8, 4) is 0 Å². The lowest BCUT2D eigenvalue weighted by molar-refractivity contribution is -0.00376. The van der Waals surface area contributed by atoms with Crippen molar-refractivity contribution >= 4 is 0 Å². The number of nitrogens with one attached hydrogen (secondary N) is 1. The third-order valence-corrected chi connectivity index (χ3v) is 4.45. The molecule has 2 unspecified atom stereocenters. The lowest BCUT2D eigenvalue weighted by Gasteiger charge is -2.50. The van der Waals surface area contributed by atoms with Gasteiger partial charge in [0.2, 0.25) is 0 Å². The summed E-state index contributed by atoms with van der Waals surface area (Å²) in [6.07, 6.45) is 4.08. The Morgan fingerprint density at radius 1 is 1.12 bits per heavy atom. The molecule has 3 fully saturated rings. The van der Waals surface area contributed by atoms with Crippen LogP contribution in [0.15, 0.2) is 0 Å². The molecule has 100 valence electrons. The van der Waals surface area contributed by atoms with Gasteiger partial charge in [0, 0.05) is 44.8 Å². The second-order valence-corrected chi connectivity index (χ2v) is 6.12. The Bertz CT molecular complexity index is 222. The van der Waals surface area contributed by atoms with Crippen LogP contribution in [-0.4, -0.2) is 61.7 Å². The van der Waals surface area contributed by atoms with E-state index in [2.05, 4.69) is 36.0 Å². The quantitative estimate of drug-likeness (QED) is 0.756. The summed E-state index contributed by atoms with van der Waals surface area (Å²) < 4.78 is 0. The average molecular weight is 239 g/mol. The Kier molecular flexibility index (Phi) is 4.83. The molecular formula is C14H29N3. The number of likely N-dealkylation sites (N-methyl/N-ethyl adjacent to an activating group) is 1. The molecule has 3 heterocycles. The molecule has 2 atom stereocenters. The topological polar surface area (TPSA) is 18.5 Å². The summed E-state index contributed by atoms with van der Waals surface area (Å²) in [6.45, 7) is 11.1. The molecule has 3 rings (SSSR count). The minimum Gasteiger partial charge on any atom is -0.315 e. The molecule has 0 aliphatic carbocycles. The molecule has 17 heavy (non-hydrogen) atoms. The molecule has 3 heteroatoms. The van der Waals surface area contributed by atoms with E-state index in [1.165, 1.54) is 52.0 Å². The molecule has 0 amide bonds.